The van der Waals surface area contributed by atoms with Crippen molar-refractivity contribution in [1.82, 2.24) is 4.90 Å². The number of hydrogen-bond donors (Lipinski definition) is 1. The van der Waals surface area contributed by atoms with E-state index in [0.717, 1.165) is 0 Å². The lowest BCUT2D eigenvalue weighted by Gasteiger charge is -2.40. The van der Waals surface area contributed by atoms with E-state index >= 15 is 0 Å². The van der Waals surface area contributed by atoms with Crippen LogP contribution in [-0.4, -0.2) is 30.1 Å². The van der Waals surface area contributed by atoms with Crippen molar-refractivity contribution < 1.29 is 0 Å². The summed E-state index contributed by atoms with van der Waals surface area (Å²) in [6, 6.07) is 1.18. The van der Waals surface area contributed by atoms with Crippen molar-refractivity contribution in [3.63, 3.8) is 0 Å². The predicted octanol–water partition coefficient (Wildman–Crippen LogP) is 1.74. The Labute approximate surface area is 81.5 Å². The van der Waals surface area contributed by atoms with Gasteiger partial charge in [0, 0.05) is 12.1 Å². The third-order valence-corrected chi connectivity index (χ3v) is 3.64. The van der Waals surface area contributed by atoms with Crippen molar-refractivity contribution in [3.8, 4) is 0 Å². The molecule has 1 aliphatic carbocycles. The first-order valence-electron chi connectivity index (χ1n) is 5.87. The van der Waals surface area contributed by atoms with Crippen LogP contribution in [0.5, 0.6) is 0 Å². The molecule has 0 radical (unpaired) electrons. The first-order valence-corrected chi connectivity index (χ1v) is 5.87. The average Bonchev–Trinajstić information content (AvgIpc) is 2.20. The fourth-order valence-corrected chi connectivity index (χ4v) is 2.84. The number of hydrogen-bond acceptors (Lipinski definition) is 2. The Morgan fingerprint density at radius 3 is 2.23 bits per heavy atom. The van der Waals surface area contributed by atoms with Crippen LogP contribution >= 0.6 is 0 Å². The molecule has 2 atom stereocenters. The summed E-state index contributed by atoms with van der Waals surface area (Å²) in [7, 11) is 0. The summed E-state index contributed by atoms with van der Waals surface area (Å²) in [5.41, 5.74) is 6.17. The normalized spacial score (nSPS) is 37.6. The molecule has 0 aromatic rings. The highest BCUT2D eigenvalue weighted by atomic mass is 15.2. The topological polar surface area (TPSA) is 29.3 Å². The molecule has 13 heavy (non-hydrogen) atoms. The SMILES string of the molecule is N[C@@H]1CCCC[C@H]1N1CCCCC1. The van der Waals surface area contributed by atoms with E-state index in [9.17, 15) is 0 Å². The lowest BCUT2D eigenvalue weighted by Crippen LogP contribution is -2.51. The second-order valence-corrected chi connectivity index (χ2v) is 4.61. The quantitative estimate of drug-likeness (QED) is 0.669. The molecule has 2 rings (SSSR count). The monoisotopic (exact) mass is 182 g/mol. The third kappa shape index (κ3) is 2.23. The smallest absolute Gasteiger partial charge is 0.0247 e. The van der Waals surface area contributed by atoms with Gasteiger partial charge in [0.25, 0.3) is 0 Å². The summed E-state index contributed by atoms with van der Waals surface area (Å²) in [6.07, 6.45) is 9.56. The summed E-state index contributed by atoms with van der Waals surface area (Å²) in [4.78, 5) is 2.65. The van der Waals surface area contributed by atoms with Gasteiger partial charge in [0.1, 0.15) is 0 Å². The highest BCUT2D eigenvalue weighted by Crippen LogP contribution is 2.24. The molecule has 2 nitrogen and oxygen atoms in total. The summed E-state index contributed by atoms with van der Waals surface area (Å²) >= 11 is 0. The molecule has 2 aliphatic rings. The summed E-state index contributed by atoms with van der Waals surface area (Å²) in [5.74, 6) is 0. The molecule has 1 saturated carbocycles. The highest BCUT2D eigenvalue weighted by Gasteiger charge is 2.27. The molecule has 1 saturated heterocycles. The fraction of sp³-hybridized carbons (Fsp3) is 1.00. The van der Waals surface area contributed by atoms with Crippen LogP contribution < -0.4 is 5.73 Å². The summed E-state index contributed by atoms with van der Waals surface area (Å²) in [6.45, 7) is 2.61. The van der Waals surface area contributed by atoms with E-state index in [1.165, 1.54) is 58.0 Å². The van der Waals surface area contributed by atoms with Gasteiger partial charge in [-0.15, -0.1) is 0 Å². The molecule has 2 N–H and O–H groups in total. The van der Waals surface area contributed by atoms with Crippen molar-refractivity contribution in [2.75, 3.05) is 13.1 Å². The Kier molecular flexibility index (Phi) is 3.23. The first-order chi connectivity index (χ1) is 6.38. The maximum Gasteiger partial charge on any atom is 0.0247 e. The van der Waals surface area contributed by atoms with Gasteiger partial charge in [-0.1, -0.05) is 19.3 Å². The minimum Gasteiger partial charge on any atom is -0.326 e. The number of nitrogens with two attached hydrogens (primary N) is 1. The summed E-state index contributed by atoms with van der Waals surface area (Å²) < 4.78 is 0. The second-order valence-electron chi connectivity index (χ2n) is 4.61. The van der Waals surface area contributed by atoms with Gasteiger partial charge in [-0.25, -0.2) is 0 Å². The van der Waals surface area contributed by atoms with Crippen LogP contribution in [0.3, 0.4) is 0 Å². The van der Waals surface area contributed by atoms with Gasteiger partial charge in [-0.2, -0.15) is 0 Å². The maximum absolute atomic E-state index is 6.17. The minimum atomic E-state index is 0.465. The van der Waals surface area contributed by atoms with E-state index in [1.54, 1.807) is 0 Å². The molecule has 0 spiro atoms. The number of likely N-dealkylation sites (tertiary alicyclic amines) is 1. The molecular weight excluding hydrogens is 160 g/mol. The van der Waals surface area contributed by atoms with Gasteiger partial charge in [-0.05, 0) is 38.8 Å². The van der Waals surface area contributed by atoms with Gasteiger partial charge >= 0.3 is 0 Å². The zero-order valence-electron chi connectivity index (χ0n) is 8.54. The number of nitrogens with zero attached hydrogens (tertiary/aromatic N) is 1. The molecule has 0 bridgehead atoms. The molecule has 1 heterocycles. The lowest BCUT2D eigenvalue weighted by molar-refractivity contribution is 0.115. The molecule has 0 amide bonds. The van der Waals surface area contributed by atoms with Crippen LogP contribution in [0.1, 0.15) is 44.9 Å². The fourth-order valence-electron chi connectivity index (χ4n) is 2.84. The third-order valence-electron chi connectivity index (χ3n) is 3.64. The summed E-state index contributed by atoms with van der Waals surface area (Å²) in [5, 5.41) is 0. The minimum absolute atomic E-state index is 0.465. The first kappa shape index (κ1) is 9.47. The Morgan fingerprint density at radius 2 is 1.54 bits per heavy atom. The predicted molar refractivity (Wildman–Crippen MR) is 55.7 cm³/mol. The van der Waals surface area contributed by atoms with Crippen molar-refractivity contribution in [3.05, 3.63) is 0 Å². The van der Waals surface area contributed by atoms with Crippen LogP contribution in [0.4, 0.5) is 0 Å². The van der Waals surface area contributed by atoms with Gasteiger partial charge in [0.05, 0.1) is 0 Å². The van der Waals surface area contributed by atoms with Crippen LogP contribution in [0.2, 0.25) is 0 Å². The molecule has 1 aliphatic heterocycles. The van der Waals surface area contributed by atoms with Crippen LogP contribution in [-0.2, 0) is 0 Å². The second kappa shape index (κ2) is 4.43. The Balaban J connectivity index is 1.88. The van der Waals surface area contributed by atoms with Crippen LogP contribution in [0.25, 0.3) is 0 Å². The van der Waals surface area contributed by atoms with Crippen molar-refractivity contribution >= 4 is 0 Å². The highest BCUT2D eigenvalue weighted by molar-refractivity contribution is 4.86. The van der Waals surface area contributed by atoms with E-state index in [0.29, 0.717) is 12.1 Å². The van der Waals surface area contributed by atoms with Crippen molar-refractivity contribution in [1.29, 1.82) is 0 Å². The zero-order chi connectivity index (χ0) is 9.10. The number of piperidine rings is 1. The van der Waals surface area contributed by atoms with E-state index in [-0.39, 0.29) is 0 Å². The lowest BCUT2D eigenvalue weighted by atomic mass is 9.89. The van der Waals surface area contributed by atoms with E-state index in [4.69, 9.17) is 5.73 Å². The molecular formula is C11H22N2. The Morgan fingerprint density at radius 1 is 0.846 bits per heavy atom. The molecule has 76 valence electrons. The van der Waals surface area contributed by atoms with E-state index in [1.807, 2.05) is 0 Å². The standard InChI is InChI=1S/C11H22N2/c12-10-6-2-3-7-11(10)13-8-4-1-5-9-13/h10-11H,1-9,12H2/t10-,11-/m1/s1. The van der Waals surface area contributed by atoms with Crippen LogP contribution in [0, 0.1) is 0 Å². The van der Waals surface area contributed by atoms with Gasteiger partial charge in [0.2, 0.25) is 0 Å². The van der Waals surface area contributed by atoms with E-state index < -0.39 is 0 Å². The van der Waals surface area contributed by atoms with Crippen molar-refractivity contribution in [2.24, 2.45) is 5.73 Å². The van der Waals surface area contributed by atoms with Gasteiger partial charge < -0.3 is 5.73 Å². The molecule has 2 fully saturated rings. The van der Waals surface area contributed by atoms with Crippen LogP contribution in [0.15, 0.2) is 0 Å². The molecule has 0 unspecified atom stereocenters. The zero-order valence-corrected chi connectivity index (χ0v) is 8.54. The number of rotatable bonds is 1. The van der Waals surface area contributed by atoms with Gasteiger partial charge in [-0.3, -0.25) is 4.90 Å². The Hall–Kier alpha value is -0.0800. The molecule has 0 aromatic carbocycles. The van der Waals surface area contributed by atoms with Crippen molar-refractivity contribution in [2.45, 2.75) is 57.0 Å². The molecule has 0 aromatic heterocycles. The van der Waals surface area contributed by atoms with E-state index in [2.05, 4.69) is 4.90 Å². The van der Waals surface area contributed by atoms with Gasteiger partial charge in [0.15, 0.2) is 0 Å². The largest absolute Gasteiger partial charge is 0.326 e. The maximum atomic E-state index is 6.17. The average molecular weight is 182 g/mol. The molecule has 2 heteroatoms. The Bertz CT molecular complexity index is 152.